The Morgan fingerprint density at radius 1 is 1.00 bits per heavy atom. The lowest BCUT2D eigenvalue weighted by Crippen LogP contribution is -1.71. The van der Waals surface area contributed by atoms with E-state index in [1.54, 1.807) is 0 Å². The molecule has 0 unspecified atom stereocenters. The minimum absolute atomic E-state index is 0.701. The summed E-state index contributed by atoms with van der Waals surface area (Å²) in [5.74, 6) is 0. The van der Waals surface area contributed by atoms with Gasteiger partial charge in [0.2, 0.25) is 0 Å². The molecule has 0 N–H and O–H groups in total. The maximum Gasteiger partial charge on any atom is 0.542 e. The molecule has 0 radical (unpaired) electrons. The minimum Gasteiger partial charge on any atom is -0.181 e. The average Bonchev–Trinajstić information content (AvgIpc) is 1.84. The maximum absolute atomic E-state index is 3.24. The molecule has 0 amide bonds. The van der Waals surface area contributed by atoms with E-state index >= 15 is 0 Å². The third-order valence-electron chi connectivity index (χ3n) is 1.17. The highest BCUT2D eigenvalue weighted by molar-refractivity contribution is 9.69. The van der Waals surface area contributed by atoms with Crippen LogP contribution in [0, 0.1) is 13.8 Å². The van der Waals surface area contributed by atoms with Gasteiger partial charge in [-0.1, -0.05) is 35.4 Å². The Morgan fingerprint density at radius 2 is 1.33 bits per heavy atom. The standard InChI is InChI=1S/C8H10.Al.3BrH/c1-7-4-3-5-8(2)6-7;;;;/h3-6H,1-2H3;;3*1H/q;+3;;;/p-3. The Morgan fingerprint density at radius 3 is 1.50 bits per heavy atom. The van der Waals surface area contributed by atoms with Gasteiger partial charge in [-0.2, -0.15) is 42.2 Å². The van der Waals surface area contributed by atoms with Crippen molar-refractivity contribution >= 4 is 50.8 Å². The van der Waals surface area contributed by atoms with Crippen LogP contribution in [0.5, 0.6) is 0 Å². The van der Waals surface area contributed by atoms with E-state index in [-0.39, 0.29) is 0 Å². The van der Waals surface area contributed by atoms with Crippen molar-refractivity contribution in [1.82, 2.24) is 0 Å². The van der Waals surface area contributed by atoms with Gasteiger partial charge in [-0.3, -0.25) is 0 Å². The molecular weight excluding hydrogens is 363 g/mol. The lowest BCUT2D eigenvalue weighted by atomic mass is 10.2. The Balaban J connectivity index is 0.000000261. The van der Waals surface area contributed by atoms with Crippen LogP contribution >= 0.6 is 42.2 Å². The van der Waals surface area contributed by atoms with Crippen molar-refractivity contribution in [2.45, 2.75) is 13.8 Å². The highest BCUT2D eigenvalue weighted by Crippen LogP contribution is 2.07. The fourth-order valence-electron chi connectivity index (χ4n) is 0.807. The van der Waals surface area contributed by atoms with Gasteiger partial charge in [0, 0.05) is 0 Å². The molecule has 4 heteroatoms. The van der Waals surface area contributed by atoms with Crippen molar-refractivity contribution in [3.63, 3.8) is 0 Å². The molecule has 0 aliphatic carbocycles. The Labute approximate surface area is 99.1 Å². The zero-order valence-electron chi connectivity index (χ0n) is 7.02. The van der Waals surface area contributed by atoms with E-state index in [1.807, 2.05) is 0 Å². The molecule has 66 valence electrons. The number of hydrogen-bond acceptors (Lipinski definition) is 0. The molecule has 0 heterocycles. The molecule has 1 rings (SSSR count). The van der Waals surface area contributed by atoms with E-state index in [9.17, 15) is 0 Å². The summed E-state index contributed by atoms with van der Waals surface area (Å²) in [7, 11) is -0.701. The Hall–Kier alpha value is 1.19. The van der Waals surface area contributed by atoms with Crippen molar-refractivity contribution in [3.8, 4) is 0 Å². The summed E-state index contributed by atoms with van der Waals surface area (Å²) in [6.45, 7) is 4.21. The lowest BCUT2D eigenvalue weighted by molar-refractivity contribution is 1.39. The second-order valence-electron chi connectivity index (χ2n) is 2.41. The topological polar surface area (TPSA) is 0 Å². The Kier molecular flexibility index (Phi) is 8.34. The third-order valence-corrected chi connectivity index (χ3v) is 1.17. The number of hydrogen-bond donors (Lipinski definition) is 0. The van der Waals surface area contributed by atoms with Gasteiger partial charge in [0.1, 0.15) is 0 Å². The van der Waals surface area contributed by atoms with Crippen LogP contribution in [0.2, 0.25) is 0 Å². The van der Waals surface area contributed by atoms with Crippen LogP contribution in [0.15, 0.2) is 24.3 Å². The molecule has 12 heavy (non-hydrogen) atoms. The van der Waals surface area contributed by atoms with Crippen molar-refractivity contribution in [3.05, 3.63) is 35.4 Å². The number of benzene rings is 1. The van der Waals surface area contributed by atoms with Gasteiger partial charge in [-0.05, 0) is 13.8 Å². The molecule has 0 nitrogen and oxygen atoms in total. The van der Waals surface area contributed by atoms with Gasteiger partial charge in [-0.15, -0.1) is 0 Å². The fourth-order valence-corrected chi connectivity index (χ4v) is 0.807. The third kappa shape index (κ3) is 9.28. The van der Waals surface area contributed by atoms with Gasteiger partial charge in [-0.25, -0.2) is 0 Å². The zero-order valence-corrected chi connectivity index (χ0v) is 12.9. The smallest absolute Gasteiger partial charge is 0.181 e. The molecule has 1 aromatic rings. The van der Waals surface area contributed by atoms with Crippen LogP contribution in [0.3, 0.4) is 0 Å². The van der Waals surface area contributed by atoms with Crippen LogP contribution < -0.4 is 0 Å². The first-order valence-electron chi connectivity index (χ1n) is 3.48. The summed E-state index contributed by atoms with van der Waals surface area (Å²) in [5, 5.41) is 0. The largest absolute Gasteiger partial charge is 0.542 e. The first-order chi connectivity index (χ1) is 5.52. The monoisotopic (exact) mass is 370 g/mol. The van der Waals surface area contributed by atoms with E-state index < -0.39 is 8.67 Å². The van der Waals surface area contributed by atoms with Gasteiger partial charge >= 0.3 is 8.67 Å². The molecule has 0 aliphatic rings. The molecule has 0 aliphatic heterocycles. The molecule has 0 saturated carbocycles. The summed E-state index contributed by atoms with van der Waals surface area (Å²) < 4.78 is 0. The van der Waals surface area contributed by atoms with Gasteiger partial charge in [0.25, 0.3) is 0 Å². The van der Waals surface area contributed by atoms with E-state index in [1.165, 1.54) is 11.1 Å². The van der Waals surface area contributed by atoms with Crippen LogP contribution in [-0.2, 0) is 0 Å². The zero-order chi connectivity index (χ0) is 9.56. The van der Waals surface area contributed by atoms with Crippen molar-refractivity contribution in [1.29, 1.82) is 0 Å². The number of halogens is 3. The first kappa shape index (κ1) is 13.2. The van der Waals surface area contributed by atoms with Crippen molar-refractivity contribution < 1.29 is 0 Å². The summed E-state index contributed by atoms with van der Waals surface area (Å²) in [5.41, 5.74) is 2.68. The molecular formula is C8H10AlBr3. The molecule has 0 spiro atoms. The molecule has 0 fully saturated rings. The summed E-state index contributed by atoms with van der Waals surface area (Å²) in [6, 6.07) is 8.45. The average molecular weight is 373 g/mol. The quantitative estimate of drug-likeness (QED) is 0.590. The normalized spacial score (nSPS) is 8.42. The summed E-state index contributed by atoms with van der Waals surface area (Å²) >= 11 is 9.73. The number of aryl methyl sites for hydroxylation is 2. The first-order valence-corrected chi connectivity index (χ1v) is 13.0. The van der Waals surface area contributed by atoms with Gasteiger partial charge in [0.05, 0.1) is 0 Å². The summed E-state index contributed by atoms with van der Waals surface area (Å²) in [4.78, 5) is 0. The van der Waals surface area contributed by atoms with Gasteiger partial charge < -0.3 is 0 Å². The lowest BCUT2D eigenvalue weighted by Gasteiger charge is -1.90. The van der Waals surface area contributed by atoms with E-state index in [0.29, 0.717) is 0 Å². The minimum atomic E-state index is -0.701. The predicted octanol–water partition coefficient (Wildman–Crippen LogP) is 4.46. The molecule has 0 aromatic heterocycles. The van der Waals surface area contributed by atoms with E-state index in [4.69, 9.17) is 0 Å². The van der Waals surface area contributed by atoms with Crippen LogP contribution in [-0.4, -0.2) is 8.67 Å². The van der Waals surface area contributed by atoms with Gasteiger partial charge in [0.15, 0.2) is 0 Å². The van der Waals surface area contributed by atoms with Crippen LogP contribution in [0.1, 0.15) is 11.1 Å². The molecule has 0 atom stereocenters. The molecule has 1 aromatic carbocycles. The second kappa shape index (κ2) is 7.58. The van der Waals surface area contributed by atoms with E-state index in [2.05, 4.69) is 80.3 Å². The molecule has 0 bridgehead atoms. The van der Waals surface area contributed by atoms with Crippen molar-refractivity contribution in [2.75, 3.05) is 0 Å². The van der Waals surface area contributed by atoms with Crippen molar-refractivity contribution in [2.24, 2.45) is 0 Å². The highest BCUT2D eigenvalue weighted by atomic mass is 80.0. The van der Waals surface area contributed by atoms with E-state index in [0.717, 1.165) is 0 Å². The number of rotatable bonds is 0. The summed E-state index contributed by atoms with van der Waals surface area (Å²) in [6.07, 6.45) is 0. The van der Waals surface area contributed by atoms with Crippen LogP contribution in [0.4, 0.5) is 0 Å². The SMILES string of the molecule is Cc1cccc(C)c1.[Br][Al]([Br])[Br]. The maximum atomic E-state index is 3.24. The fraction of sp³-hybridized carbons (Fsp3) is 0.250. The highest BCUT2D eigenvalue weighted by Gasteiger charge is 1.95. The predicted molar refractivity (Wildman–Crippen MR) is 68.5 cm³/mol. The second-order valence-corrected chi connectivity index (χ2v) is 22.2. The Bertz CT molecular complexity index is 205. The van der Waals surface area contributed by atoms with Crippen LogP contribution in [0.25, 0.3) is 0 Å². The molecule has 0 saturated heterocycles.